The molecule has 0 aliphatic carbocycles. The van der Waals surface area contributed by atoms with E-state index in [1.807, 2.05) is 20.8 Å². The third kappa shape index (κ3) is 5.31. The van der Waals surface area contributed by atoms with Crippen LogP contribution in [0.15, 0.2) is 36.4 Å². The molecule has 1 amide bonds. The van der Waals surface area contributed by atoms with Gasteiger partial charge in [-0.15, -0.1) is 0 Å². The molecule has 21 heavy (non-hydrogen) atoms. The molecule has 0 aliphatic rings. The standard InChI is InChI=1S/C17H25FN2O/c1-6-20(11-13(2)3)12-17(21)19(5)14(4)15-7-9-16(18)10-8-15/h7-10,14H,2,6,11-12H2,1,3-5H3. The van der Waals surface area contributed by atoms with Crippen LogP contribution in [0.25, 0.3) is 0 Å². The van der Waals surface area contributed by atoms with Crippen LogP contribution < -0.4 is 0 Å². The third-order valence-electron chi connectivity index (χ3n) is 3.63. The van der Waals surface area contributed by atoms with Crippen LogP contribution in [0, 0.1) is 5.82 Å². The minimum Gasteiger partial charge on any atom is -0.338 e. The molecule has 0 N–H and O–H groups in total. The number of hydrogen-bond acceptors (Lipinski definition) is 2. The molecule has 0 saturated carbocycles. The van der Waals surface area contributed by atoms with Crippen molar-refractivity contribution in [2.75, 3.05) is 26.7 Å². The molecule has 1 atom stereocenters. The summed E-state index contributed by atoms with van der Waals surface area (Å²) >= 11 is 0. The summed E-state index contributed by atoms with van der Waals surface area (Å²) < 4.78 is 13.0. The number of halogens is 1. The second kappa shape index (κ2) is 7.93. The first-order valence-corrected chi connectivity index (χ1v) is 7.23. The fraction of sp³-hybridized carbons (Fsp3) is 0.471. The van der Waals surface area contributed by atoms with E-state index in [1.54, 1.807) is 24.1 Å². The van der Waals surface area contributed by atoms with E-state index in [1.165, 1.54) is 12.1 Å². The molecule has 0 saturated heterocycles. The fourth-order valence-corrected chi connectivity index (χ4v) is 2.14. The molecule has 116 valence electrons. The summed E-state index contributed by atoms with van der Waals surface area (Å²) in [4.78, 5) is 16.1. The average molecular weight is 292 g/mol. The van der Waals surface area contributed by atoms with Gasteiger partial charge in [-0.1, -0.05) is 31.2 Å². The SMILES string of the molecule is C=C(C)CN(CC)CC(=O)N(C)C(C)c1ccc(F)cc1. The van der Waals surface area contributed by atoms with Gasteiger partial charge in [-0.3, -0.25) is 9.69 Å². The number of carbonyl (C=O) groups is 1. The Morgan fingerprint density at radius 1 is 1.29 bits per heavy atom. The van der Waals surface area contributed by atoms with Gasteiger partial charge >= 0.3 is 0 Å². The maximum absolute atomic E-state index is 13.0. The first-order chi connectivity index (χ1) is 9.85. The second-order valence-corrected chi connectivity index (χ2v) is 5.49. The summed E-state index contributed by atoms with van der Waals surface area (Å²) in [5, 5.41) is 0. The van der Waals surface area contributed by atoms with Crippen molar-refractivity contribution in [1.82, 2.24) is 9.80 Å². The van der Waals surface area contributed by atoms with E-state index in [2.05, 4.69) is 11.5 Å². The average Bonchev–Trinajstić information content (AvgIpc) is 2.45. The predicted molar refractivity (Wildman–Crippen MR) is 84.5 cm³/mol. The van der Waals surface area contributed by atoms with E-state index in [-0.39, 0.29) is 17.8 Å². The van der Waals surface area contributed by atoms with Gasteiger partial charge < -0.3 is 4.90 Å². The Hall–Kier alpha value is -1.68. The van der Waals surface area contributed by atoms with Gasteiger partial charge in [-0.2, -0.15) is 0 Å². The van der Waals surface area contributed by atoms with Crippen LogP contribution >= 0.6 is 0 Å². The Labute approximate surface area is 127 Å². The van der Waals surface area contributed by atoms with Gasteiger partial charge in [0.15, 0.2) is 0 Å². The second-order valence-electron chi connectivity index (χ2n) is 5.49. The van der Waals surface area contributed by atoms with Gasteiger partial charge in [-0.25, -0.2) is 4.39 Å². The van der Waals surface area contributed by atoms with Crippen LogP contribution in [-0.4, -0.2) is 42.4 Å². The number of nitrogens with zero attached hydrogens (tertiary/aromatic N) is 2. The Kier molecular flexibility index (Phi) is 6.56. The van der Waals surface area contributed by atoms with Gasteiger partial charge in [0.1, 0.15) is 5.82 Å². The van der Waals surface area contributed by atoms with Crippen LogP contribution in [0.1, 0.15) is 32.4 Å². The summed E-state index contributed by atoms with van der Waals surface area (Å²) in [6.45, 7) is 11.7. The van der Waals surface area contributed by atoms with Gasteiger partial charge in [0, 0.05) is 13.6 Å². The minimum atomic E-state index is -0.265. The molecule has 0 aliphatic heterocycles. The van der Waals surface area contributed by atoms with E-state index >= 15 is 0 Å². The van der Waals surface area contributed by atoms with Crippen LogP contribution in [0.5, 0.6) is 0 Å². The molecular weight excluding hydrogens is 267 g/mol. The Morgan fingerprint density at radius 2 is 1.86 bits per heavy atom. The molecule has 0 bridgehead atoms. The molecule has 0 spiro atoms. The maximum Gasteiger partial charge on any atom is 0.237 e. The van der Waals surface area contributed by atoms with Crippen molar-refractivity contribution in [1.29, 1.82) is 0 Å². The Bertz CT molecular complexity index is 484. The van der Waals surface area contributed by atoms with Crippen molar-refractivity contribution in [2.45, 2.75) is 26.8 Å². The lowest BCUT2D eigenvalue weighted by molar-refractivity contribution is -0.132. The lowest BCUT2D eigenvalue weighted by atomic mass is 10.1. The van der Waals surface area contributed by atoms with Gasteiger partial charge in [0.2, 0.25) is 5.91 Å². The molecule has 0 radical (unpaired) electrons. The highest BCUT2D eigenvalue weighted by Crippen LogP contribution is 2.19. The van der Waals surface area contributed by atoms with Crippen molar-refractivity contribution in [2.24, 2.45) is 0 Å². The van der Waals surface area contributed by atoms with Crippen molar-refractivity contribution >= 4 is 5.91 Å². The monoisotopic (exact) mass is 292 g/mol. The molecule has 0 fully saturated rings. The highest BCUT2D eigenvalue weighted by Gasteiger charge is 2.19. The molecule has 1 aromatic carbocycles. The zero-order chi connectivity index (χ0) is 16.0. The quantitative estimate of drug-likeness (QED) is 0.720. The van der Waals surface area contributed by atoms with E-state index in [0.717, 1.165) is 24.2 Å². The largest absolute Gasteiger partial charge is 0.338 e. The van der Waals surface area contributed by atoms with Crippen LogP contribution in [-0.2, 0) is 4.79 Å². The molecule has 0 aromatic heterocycles. The van der Waals surface area contributed by atoms with E-state index in [9.17, 15) is 9.18 Å². The topological polar surface area (TPSA) is 23.6 Å². The molecular formula is C17H25FN2O. The summed E-state index contributed by atoms with van der Waals surface area (Å²) in [6, 6.07) is 6.19. The maximum atomic E-state index is 13.0. The summed E-state index contributed by atoms with van der Waals surface area (Å²) in [7, 11) is 1.78. The Morgan fingerprint density at radius 3 is 2.33 bits per heavy atom. The van der Waals surface area contributed by atoms with E-state index in [0.29, 0.717) is 6.54 Å². The predicted octanol–water partition coefficient (Wildman–Crippen LogP) is 3.24. The van der Waals surface area contributed by atoms with Gasteiger partial charge in [0.05, 0.1) is 12.6 Å². The lowest BCUT2D eigenvalue weighted by Gasteiger charge is -2.28. The van der Waals surface area contributed by atoms with Crippen molar-refractivity contribution in [3.63, 3.8) is 0 Å². The number of amides is 1. The number of carbonyl (C=O) groups excluding carboxylic acids is 1. The van der Waals surface area contributed by atoms with Crippen LogP contribution in [0.2, 0.25) is 0 Å². The van der Waals surface area contributed by atoms with E-state index in [4.69, 9.17) is 0 Å². The first kappa shape index (κ1) is 17.4. The third-order valence-corrected chi connectivity index (χ3v) is 3.63. The first-order valence-electron chi connectivity index (χ1n) is 7.23. The zero-order valence-corrected chi connectivity index (χ0v) is 13.4. The van der Waals surface area contributed by atoms with Crippen molar-refractivity contribution in [3.8, 4) is 0 Å². The molecule has 1 unspecified atom stereocenters. The van der Waals surface area contributed by atoms with E-state index < -0.39 is 0 Å². The normalized spacial score (nSPS) is 12.3. The molecule has 0 heterocycles. The zero-order valence-electron chi connectivity index (χ0n) is 13.4. The Balaban J connectivity index is 2.68. The molecule has 1 rings (SSSR count). The van der Waals surface area contributed by atoms with Gasteiger partial charge in [0.25, 0.3) is 0 Å². The lowest BCUT2D eigenvalue weighted by Crippen LogP contribution is -2.40. The molecule has 4 heteroatoms. The van der Waals surface area contributed by atoms with Crippen LogP contribution in [0.4, 0.5) is 4.39 Å². The summed E-state index contributed by atoms with van der Waals surface area (Å²) in [6.07, 6.45) is 0. The van der Waals surface area contributed by atoms with Gasteiger partial charge in [-0.05, 0) is 38.1 Å². The molecule has 1 aromatic rings. The van der Waals surface area contributed by atoms with Crippen molar-refractivity contribution in [3.05, 3.63) is 47.8 Å². The number of benzene rings is 1. The van der Waals surface area contributed by atoms with Crippen molar-refractivity contribution < 1.29 is 9.18 Å². The number of hydrogen-bond donors (Lipinski definition) is 0. The highest BCUT2D eigenvalue weighted by molar-refractivity contribution is 5.78. The molecule has 3 nitrogen and oxygen atoms in total. The number of rotatable bonds is 7. The summed E-state index contributed by atoms with van der Waals surface area (Å²) in [5.74, 6) is -0.214. The number of likely N-dealkylation sites (N-methyl/N-ethyl adjacent to an activating group) is 2. The highest BCUT2D eigenvalue weighted by atomic mass is 19.1. The fourth-order valence-electron chi connectivity index (χ4n) is 2.14. The van der Waals surface area contributed by atoms with Crippen LogP contribution in [0.3, 0.4) is 0 Å². The minimum absolute atomic E-state index is 0.0509. The summed E-state index contributed by atoms with van der Waals surface area (Å²) in [5.41, 5.74) is 1.97. The smallest absolute Gasteiger partial charge is 0.237 e.